The third kappa shape index (κ3) is 4.36. The summed E-state index contributed by atoms with van der Waals surface area (Å²) in [7, 11) is 2.07. The van der Waals surface area contributed by atoms with Crippen molar-refractivity contribution in [1.82, 2.24) is 5.32 Å². The summed E-state index contributed by atoms with van der Waals surface area (Å²) >= 11 is 0. The molecule has 16 heavy (non-hydrogen) atoms. The Morgan fingerprint density at radius 3 is 2.19 bits per heavy atom. The van der Waals surface area contributed by atoms with E-state index in [0.717, 1.165) is 12.8 Å². The quantitative estimate of drug-likeness (QED) is 0.739. The van der Waals surface area contributed by atoms with E-state index in [4.69, 9.17) is 0 Å². The average Bonchev–Trinajstić information content (AvgIpc) is 2.35. The maximum atomic E-state index is 3.41. The van der Waals surface area contributed by atoms with E-state index in [1.807, 2.05) is 0 Å². The molecule has 0 fully saturated rings. The van der Waals surface area contributed by atoms with E-state index >= 15 is 0 Å². The van der Waals surface area contributed by atoms with Gasteiger partial charge >= 0.3 is 0 Å². The van der Waals surface area contributed by atoms with Gasteiger partial charge in [-0.25, -0.2) is 0 Å². The Kier molecular flexibility index (Phi) is 6.17. The topological polar surface area (TPSA) is 12.0 Å². The van der Waals surface area contributed by atoms with Crippen molar-refractivity contribution in [2.75, 3.05) is 7.05 Å². The van der Waals surface area contributed by atoms with Crippen LogP contribution in [0.5, 0.6) is 0 Å². The Bertz CT molecular complexity index is 276. The predicted octanol–water partition coefficient (Wildman–Crippen LogP) is 3.57. The zero-order valence-corrected chi connectivity index (χ0v) is 10.9. The van der Waals surface area contributed by atoms with Crippen LogP contribution in [-0.4, -0.2) is 13.1 Å². The molecule has 1 aromatic carbocycles. The Labute approximate surface area is 100 Å². The smallest absolute Gasteiger partial charge is 0.0104 e. The molecule has 1 N–H and O–H groups in total. The lowest BCUT2D eigenvalue weighted by Crippen LogP contribution is -2.27. The Morgan fingerprint density at radius 1 is 1.06 bits per heavy atom. The van der Waals surface area contributed by atoms with E-state index in [0.29, 0.717) is 6.04 Å². The van der Waals surface area contributed by atoms with Crippen LogP contribution in [0.15, 0.2) is 24.3 Å². The van der Waals surface area contributed by atoms with Crippen LogP contribution < -0.4 is 5.32 Å². The number of hydrogen-bond acceptors (Lipinski definition) is 1. The molecule has 0 aromatic heterocycles. The second-order valence-electron chi connectivity index (χ2n) is 4.50. The molecule has 0 spiro atoms. The lowest BCUT2D eigenvalue weighted by molar-refractivity contribution is 0.498. The van der Waals surface area contributed by atoms with Crippen LogP contribution in [0.3, 0.4) is 0 Å². The average molecular weight is 219 g/mol. The van der Waals surface area contributed by atoms with Crippen molar-refractivity contribution >= 4 is 0 Å². The summed E-state index contributed by atoms with van der Waals surface area (Å²) in [6.45, 7) is 4.45. The molecule has 0 heterocycles. The monoisotopic (exact) mass is 219 g/mol. The molecule has 0 aliphatic heterocycles. The second kappa shape index (κ2) is 7.45. The van der Waals surface area contributed by atoms with Gasteiger partial charge in [-0.15, -0.1) is 0 Å². The summed E-state index contributed by atoms with van der Waals surface area (Å²) < 4.78 is 0. The summed E-state index contributed by atoms with van der Waals surface area (Å²) in [6, 6.07) is 9.68. The lowest BCUT2D eigenvalue weighted by Gasteiger charge is -2.15. The van der Waals surface area contributed by atoms with Crippen molar-refractivity contribution in [2.24, 2.45) is 0 Å². The minimum absolute atomic E-state index is 0.632. The number of unbranched alkanes of at least 4 members (excludes halogenated alkanes) is 1. The van der Waals surface area contributed by atoms with Crippen LogP contribution in [0.4, 0.5) is 0 Å². The zero-order valence-electron chi connectivity index (χ0n) is 10.9. The molecule has 1 heteroatoms. The number of likely N-dealkylation sites (N-methyl/N-ethyl adjacent to an activating group) is 1. The van der Waals surface area contributed by atoms with E-state index in [-0.39, 0.29) is 0 Å². The summed E-state index contributed by atoms with van der Waals surface area (Å²) in [6.07, 6.45) is 6.17. The molecule has 0 radical (unpaired) electrons. The van der Waals surface area contributed by atoms with Gasteiger partial charge in [0, 0.05) is 6.04 Å². The van der Waals surface area contributed by atoms with Gasteiger partial charge < -0.3 is 5.32 Å². The van der Waals surface area contributed by atoms with Crippen molar-refractivity contribution in [2.45, 2.75) is 52.0 Å². The highest BCUT2D eigenvalue weighted by Gasteiger charge is 2.06. The van der Waals surface area contributed by atoms with Crippen LogP contribution in [0.1, 0.15) is 44.2 Å². The SMILES string of the molecule is CCCCC(Cc1ccc(CC)cc1)NC. The van der Waals surface area contributed by atoms with E-state index < -0.39 is 0 Å². The normalized spacial score (nSPS) is 12.7. The van der Waals surface area contributed by atoms with Crippen molar-refractivity contribution in [3.05, 3.63) is 35.4 Å². The maximum absolute atomic E-state index is 3.41. The molecular weight excluding hydrogens is 194 g/mol. The summed E-state index contributed by atoms with van der Waals surface area (Å²) in [5.41, 5.74) is 2.88. The fourth-order valence-electron chi connectivity index (χ4n) is 1.99. The third-order valence-electron chi connectivity index (χ3n) is 3.23. The summed E-state index contributed by atoms with van der Waals surface area (Å²) in [5.74, 6) is 0. The Morgan fingerprint density at radius 2 is 1.69 bits per heavy atom. The largest absolute Gasteiger partial charge is 0.317 e. The number of hydrogen-bond donors (Lipinski definition) is 1. The Balaban J connectivity index is 2.49. The van der Waals surface area contributed by atoms with Gasteiger partial charge in [-0.3, -0.25) is 0 Å². The van der Waals surface area contributed by atoms with Gasteiger partial charge in [0.2, 0.25) is 0 Å². The first-order valence-corrected chi connectivity index (χ1v) is 6.55. The van der Waals surface area contributed by atoms with E-state index in [2.05, 4.69) is 50.5 Å². The van der Waals surface area contributed by atoms with Gasteiger partial charge in [0.05, 0.1) is 0 Å². The Hall–Kier alpha value is -0.820. The molecule has 0 amide bonds. The molecule has 1 rings (SSSR count). The molecular formula is C15H25N. The molecule has 1 atom stereocenters. The maximum Gasteiger partial charge on any atom is 0.0104 e. The second-order valence-corrected chi connectivity index (χ2v) is 4.50. The third-order valence-corrected chi connectivity index (χ3v) is 3.23. The first-order chi connectivity index (χ1) is 7.80. The first kappa shape index (κ1) is 13.2. The van der Waals surface area contributed by atoms with Crippen molar-refractivity contribution in [1.29, 1.82) is 0 Å². The van der Waals surface area contributed by atoms with Crippen molar-refractivity contribution < 1.29 is 0 Å². The van der Waals surface area contributed by atoms with Gasteiger partial charge in [-0.2, -0.15) is 0 Å². The van der Waals surface area contributed by atoms with Gasteiger partial charge in [0.15, 0.2) is 0 Å². The summed E-state index contributed by atoms with van der Waals surface area (Å²) in [4.78, 5) is 0. The molecule has 0 saturated carbocycles. The van der Waals surface area contributed by atoms with E-state index in [9.17, 15) is 0 Å². The van der Waals surface area contributed by atoms with Crippen molar-refractivity contribution in [3.63, 3.8) is 0 Å². The van der Waals surface area contributed by atoms with Gasteiger partial charge in [0.25, 0.3) is 0 Å². The minimum Gasteiger partial charge on any atom is -0.317 e. The van der Waals surface area contributed by atoms with Crippen LogP contribution in [0.25, 0.3) is 0 Å². The first-order valence-electron chi connectivity index (χ1n) is 6.55. The van der Waals surface area contributed by atoms with Crippen LogP contribution in [0.2, 0.25) is 0 Å². The minimum atomic E-state index is 0.632. The number of nitrogens with one attached hydrogen (secondary N) is 1. The van der Waals surface area contributed by atoms with Crippen molar-refractivity contribution in [3.8, 4) is 0 Å². The summed E-state index contributed by atoms with van der Waals surface area (Å²) in [5, 5.41) is 3.41. The molecule has 0 saturated heterocycles. The highest BCUT2D eigenvalue weighted by molar-refractivity contribution is 5.23. The standard InChI is InChI=1S/C15H25N/c1-4-6-7-15(16-3)12-14-10-8-13(5-2)9-11-14/h8-11,15-16H,4-7,12H2,1-3H3. The number of benzene rings is 1. The van der Waals surface area contributed by atoms with Crippen LogP contribution >= 0.6 is 0 Å². The zero-order chi connectivity index (χ0) is 11.8. The van der Waals surface area contributed by atoms with Crippen LogP contribution in [-0.2, 0) is 12.8 Å². The number of rotatable bonds is 7. The lowest BCUT2D eigenvalue weighted by atomic mass is 10.00. The molecule has 0 aliphatic rings. The van der Waals surface area contributed by atoms with Gasteiger partial charge in [-0.05, 0) is 37.4 Å². The molecule has 90 valence electrons. The highest BCUT2D eigenvalue weighted by Crippen LogP contribution is 2.10. The van der Waals surface area contributed by atoms with Crippen LogP contribution in [0, 0.1) is 0 Å². The van der Waals surface area contributed by atoms with E-state index in [1.54, 1.807) is 0 Å². The fraction of sp³-hybridized carbons (Fsp3) is 0.600. The molecule has 1 nitrogen and oxygen atoms in total. The number of aryl methyl sites for hydroxylation is 1. The highest BCUT2D eigenvalue weighted by atomic mass is 14.9. The van der Waals surface area contributed by atoms with E-state index in [1.165, 1.54) is 30.4 Å². The van der Waals surface area contributed by atoms with Gasteiger partial charge in [0.1, 0.15) is 0 Å². The fourth-order valence-corrected chi connectivity index (χ4v) is 1.99. The molecule has 0 aliphatic carbocycles. The molecule has 0 bridgehead atoms. The molecule has 1 aromatic rings. The molecule has 1 unspecified atom stereocenters. The predicted molar refractivity (Wildman–Crippen MR) is 71.9 cm³/mol. The van der Waals surface area contributed by atoms with Gasteiger partial charge in [-0.1, -0.05) is 51.0 Å².